The van der Waals surface area contributed by atoms with Gasteiger partial charge in [-0.05, 0) is 25.1 Å². The minimum Gasteiger partial charge on any atom is -0.354 e. The molecule has 0 saturated carbocycles. The zero-order chi connectivity index (χ0) is 13.0. The predicted molar refractivity (Wildman–Crippen MR) is 65.8 cm³/mol. The normalized spacial score (nSPS) is 10.2. The van der Waals surface area contributed by atoms with Gasteiger partial charge in [0.2, 0.25) is 5.95 Å². The molecule has 0 aliphatic carbocycles. The van der Waals surface area contributed by atoms with Crippen molar-refractivity contribution in [1.29, 1.82) is 0 Å². The van der Waals surface area contributed by atoms with Crippen LogP contribution < -0.4 is 10.6 Å². The van der Waals surface area contributed by atoms with Crippen LogP contribution in [0.3, 0.4) is 0 Å². The Labute approximate surface area is 103 Å². The Bertz CT molecular complexity index is 525. The maximum Gasteiger partial charge on any atom is 0.224 e. The van der Waals surface area contributed by atoms with Crippen LogP contribution in [0, 0.1) is 11.6 Å². The van der Waals surface area contributed by atoms with Gasteiger partial charge in [0.05, 0.1) is 0 Å². The Morgan fingerprint density at radius 2 is 1.89 bits per heavy atom. The van der Waals surface area contributed by atoms with Gasteiger partial charge >= 0.3 is 0 Å². The molecule has 2 rings (SSSR count). The van der Waals surface area contributed by atoms with Crippen molar-refractivity contribution in [3.8, 4) is 0 Å². The molecule has 0 aliphatic heterocycles. The number of hydrogen-bond acceptors (Lipinski definition) is 4. The number of halogens is 2. The first-order valence-corrected chi connectivity index (χ1v) is 5.47. The largest absolute Gasteiger partial charge is 0.354 e. The molecule has 0 aliphatic rings. The van der Waals surface area contributed by atoms with Gasteiger partial charge in [-0.3, -0.25) is 0 Å². The van der Waals surface area contributed by atoms with Crippen LogP contribution in [0.4, 0.5) is 26.2 Å². The lowest BCUT2D eigenvalue weighted by molar-refractivity contribution is 0.584. The van der Waals surface area contributed by atoms with Crippen LogP contribution in [0.15, 0.2) is 30.5 Å². The van der Waals surface area contributed by atoms with Gasteiger partial charge in [0, 0.05) is 24.5 Å². The van der Waals surface area contributed by atoms with Gasteiger partial charge < -0.3 is 10.6 Å². The van der Waals surface area contributed by atoms with Crippen molar-refractivity contribution in [3.63, 3.8) is 0 Å². The molecule has 1 heterocycles. The van der Waals surface area contributed by atoms with Crippen LogP contribution >= 0.6 is 0 Å². The van der Waals surface area contributed by atoms with Gasteiger partial charge in [0.1, 0.15) is 17.5 Å². The molecule has 2 N–H and O–H groups in total. The average molecular weight is 250 g/mol. The molecule has 0 radical (unpaired) electrons. The van der Waals surface area contributed by atoms with E-state index in [-0.39, 0.29) is 0 Å². The lowest BCUT2D eigenvalue weighted by Gasteiger charge is -2.07. The summed E-state index contributed by atoms with van der Waals surface area (Å²) in [5.74, 6) is -0.359. The number of nitrogens with zero attached hydrogens (tertiary/aromatic N) is 2. The van der Waals surface area contributed by atoms with Gasteiger partial charge in [-0.1, -0.05) is 0 Å². The smallest absolute Gasteiger partial charge is 0.224 e. The lowest BCUT2D eigenvalue weighted by Crippen LogP contribution is -2.03. The van der Waals surface area contributed by atoms with Gasteiger partial charge in [0.15, 0.2) is 0 Å². The third-order valence-electron chi connectivity index (χ3n) is 2.13. The summed E-state index contributed by atoms with van der Waals surface area (Å²) in [5.41, 5.74) is 0.300. The van der Waals surface area contributed by atoms with E-state index in [9.17, 15) is 8.78 Å². The second kappa shape index (κ2) is 5.39. The van der Waals surface area contributed by atoms with E-state index in [1.165, 1.54) is 12.1 Å². The summed E-state index contributed by atoms with van der Waals surface area (Å²) in [5, 5.41) is 5.76. The third-order valence-corrected chi connectivity index (χ3v) is 2.13. The van der Waals surface area contributed by atoms with Crippen LogP contribution in [-0.4, -0.2) is 16.5 Å². The standard InChI is InChI=1S/C12H12F2N4/c1-2-15-12-16-4-3-11(18-12)17-10-6-8(13)5-9(14)7-10/h3-7H,2H2,1H3,(H2,15,16,17,18). The highest BCUT2D eigenvalue weighted by molar-refractivity contribution is 5.56. The summed E-state index contributed by atoms with van der Waals surface area (Å²) >= 11 is 0. The van der Waals surface area contributed by atoms with Crippen molar-refractivity contribution in [2.24, 2.45) is 0 Å². The van der Waals surface area contributed by atoms with Crippen LogP contribution in [0.25, 0.3) is 0 Å². The van der Waals surface area contributed by atoms with Gasteiger partial charge in [-0.25, -0.2) is 13.8 Å². The number of aromatic nitrogens is 2. The fourth-order valence-corrected chi connectivity index (χ4v) is 1.45. The molecule has 1 aromatic carbocycles. The molecule has 0 saturated heterocycles. The highest BCUT2D eigenvalue weighted by Gasteiger charge is 2.02. The van der Waals surface area contributed by atoms with E-state index in [1.807, 2.05) is 6.92 Å². The van der Waals surface area contributed by atoms with Crippen molar-refractivity contribution < 1.29 is 8.78 Å². The van der Waals surface area contributed by atoms with Gasteiger partial charge in [-0.15, -0.1) is 0 Å². The average Bonchev–Trinajstić information content (AvgIpc) is 2.28. The first-order chi connectivity index (χ1) is 8.67. The van der Waals surface area contributed by atoms with E-state index in [4.69, 9.17) is 0 Å². The van der Waals surface area contributed by atoms with E-state index in [0.717, 1.165) is 6.07 Å². The second-order valence-electron chi connectivity index (χ2n) is 3.58. The topological polar surface area (TPSA) is 49.8 Å². The molecule has 0 spiro atoms. The van der Waals surface area contributed by atoms with Crippen LogP contribution in [-0.2, 0) is 0 Å². The first kappa shape index (κ1) is 12.2. The molecule has 0 amide bonds. The van der Waals surface area contributed by atoms with Gasteiger partial charge in [0.25, 0.3) is 0 Å². The molecule has 1 aromatic heterocycles. The molecule has 4 nitrogen and oxygen atoms in total. The molecule has 0 unspecified atom stereocenters. The summed E-state index contributed by atoms with van der Waals surface area (Å²) in [7, 11) is 0. The Morgan fingerprint density at radius 3 is 2.56 bits per heavy atom. The Kier molecular flexibility index (Phi) is 3.66. The van der Waals surface area contributed by atoms with E-state index < -0.39 is 11.6 Å². The van der Waals surface area contributed by atoms with E-state index in [0.29, 0.717) is 24.0 Å². The SMILES string of the molecule is CCNc1nccc(Nc2cc(F)cc(F)c2)n1. The Balaban J connectivity index is 2.20. The predicted octanol–water partition coefficient (Wildman–Crippen LogP) is 2.93. The van der Waals surface area contributed by atoms with Crippen molar-refractivity contribution in [1.82, 2.24) is 9.97 Å². The zero-order valence-electron chi connectivity index (χ0n) is 9.74. The zero-order valence-corrected chi connectivity index (χ0v) is 9.74. The molecule has 94 valence electrons. The van der Waals surface area contributed by atoms with E-state index >= 15 is 0 Å². The number of rotatable bonds is 4. The number of anilines is 3. The number of benzene rings is 1. The Hall–Kier alpha value is -2.24. The fourth-order valence-electron chi connectivity index (χ4n) is 1.45. The highest BCUT2D eigenvalue weighted by Crippen LogP contribution is 2.17. The Morgan fingerprint density at radius 1 is 1.17 bits per heavy atom. The van der Waals surface area contributed by atoms with Crippen molar-refractivity contribution in [2.45, 2.75) is 6.92 Å². The molecule has 0 bridgehead atoms. The monoisotopic (exact) mass is 250 g/mol. The molecular formula is C12H12F2N4. The van der Waals surface area contributed by atoms with Crippen LogP contribution in [0.5, 0.6) is 0 Å². The summed E-state index contributed by atoms with van der Waals surface area (Å²) in [6.07, 6.45) is 1.56. The molecule has 0 atom stereocenters. The van der Waals surface area contributed by atoms with Crippen LogP contribution in [0.2, 0.25) is 0 Å². The number of nitrogens with one attached hydrogen (secondary N) is 2. The summed E-state index contributed by atoms with van der Waals surface area (Å²) in [6, 6.07) is 4.81. The molecule has 0 fully saturated rings. The summed E-state index contributed by atoms with van der Waals surface area (Å²) in [4.78, 5) is 8.13. The number of hydrogen-bond donors (Lipinski definition) is 2. The maximum atomic E-state index is 13.0. The first-order valence-electron chi connectivity index (χ1n) is 5.47. The van der Waals surface area contributed by atoms with Crippen LogP contribution in [0.1, 0.15) is 6.92 Å². The molecule has 18 heavy (non-hydrogen) atoms. The summed E-state index contributed by atoms with van der Waals surface area (Å²) in [6.45, 7) is 2.61. The highest BCUT2D eigenvalue weighted by atomic mass is 19.1. The molecule has 2 aromatic rings. The second-order valence-corrected chi connectivity index (χ2v) is 3.58. The van der Waals surface area contributed by atoms with E-state index in [2.05, 4.69) is 20.6 Å². The van der Waals surface area contributed by atoms with Crippen molar-refractivity contribution >= 4 is 17.5 Å². The minimum atomic E-state index is -0.640. The molecule has 6 heteroatoms. The third kappa shape index (κ3) is 3.13. The quantitative estimate of drug-likeness (QED) is 0.876. The fraction of sp³-hybridized carbons (Fsp3) is 0.167. The maximum absolute atomic E-state index is 13.0. The minimum absolute atomic E-state index is 0.300. The van der Waals surface area contributed by atoms with E-state index in [1.54, 1.807) is 12.3 Å². The van der Waals surface area contributed by atoms with Crippen molar-refractivity contribution in [3.05, 3.63) is 42.1 Å². The summed E-state index contributed by atoms with van der Waals surface area (Å²) < 4.78 is 26.0. The lowest BCUT2D eigenvalue weighted by atomic mass is 10.3. The molecular weight excluding hydrogens is 238 g/mol. The van der Waals surface area contributed by atoms with Crippen molar-refractivity contribution in [2.75, 3.05) is 17.2 Å². The van der Waals surface area contributed by atoms with Gasteiger partial charge in [-0.2, -0.15) is 4.98 Å².